The van der Waals surface area contributed by atoms with E-state index in [1.54, 1.807) is 0 Å². The summed E-state index contributed by atoms with van der Waals surface area (Å²) in [7, 11) is 1.42. The second kappa shape index (κ2) is 9.01. The fourth-order valence-corrected chi connectivity index (χ4v) is 3.03. The van der Waals surface area contributed by atoms with E-state index in [1.165, 1.54) is 13.4 Å². The number of hydrogen-bond acceptors (Lipinski definition) is 7. The maximum Gasteiger partial charge on any atom is 0.319 e. The van der Waals surface area contributed by atoms with E-state index in [-0.39, 0.29) is 5.97 Å². The van der Waals surface area contributed by atoms with E-state index in [4.69, 9.17) is 11.2 Å². The van der Waals surface area contributed by atoms with Crippen molar-refractivity contribution in [3.8, 4) is 12.3 Å². The van der Waals surface area contributed by atoms with Crippen LogP contribution in [-0.2, 0) is 9.53 Å². The molecule has 1 fully saturated rings. The van der Waals surface area contributed by atoms with Gasteiger partial charge in [0.15, 0.2) is 0 Å². The number of ether oxygens (including phenoxy) is 1. The highest BCUT2D eigenvalue weighted by Gasteiger charge is 2.21. The number of likely N-dealkylation sites (tertiary alicyclic amines) is 1. The third-order valence-electron chi connectivity index (χ3n) is 4.49. The lowest BCUT2D eigenvalue weighted by Crippen LogP contribution is -2.41. The number of hydrogen-bond donors (Lipinski definition) is 2. The molecule has 2 N–H and O–H groups in total. The van der Waals surface area contributed by atoms with Gasteiger partial charge in [-0.05, 0) is 31.0 Å². The Kier molecular flexibility index (Phi) is 6.23. The van der Waals surface area contributed by atoms with Gasteiger partial charge in [-0.3, -0.25) is 9.69 Å². The normalized spacial score (nSPS) is 15.0. The third-order valence-corrected chi connectivity index (χ3v) is 4.49. The Balaban J connectivity index is 1.55. The molecule has 0 aliphatic carbocycles. The Morgan fingerprint density at radius 3 is 2.81 bits per heavy atom. The summed E-state index contributed by atoms with van der Waals surface area (Å²) in [6.45, 7) is 2.05. The van der Waals surface area contributed by atoms with Gasteiger partial charge in [-0.1, -0.05) is 12.0 Å². The molecule has 0 bridgehead atoms. The van der Waals surface area contributed by atoms with Gasteiger partial charge in [0.1, 0.15) is 18.0 Å². The topological polar surface area (TPSA) is 79.4 Å². The summed E-state index contributed by atoms with van der Waals surface area (Å²) in [5.41, 5.74) is 1.69. The van der Waals surface area contributed by atoms with Gasteiger partial charge in [0, 0.05) is 36.4 Å². The quantitative estimate of drug-likeness (QED) is 0.600. The van der Waals surface area contributed by atoms with Crippen molar-refractivity contribution in [2.24, 2.45) is 0 Å². The predicted molar refractivity (Wildman–Crippen MR) is 105 cm³/mol. The number of aromatic nitrogens is 2. The van der Waals surface area contributed by atoms with Crippen molar-refractivity contribution in [1.29, 1.82) is 0 Å². The Morgan fingerprint density at radius 1 is 1.30 bits per heavy atom. The fourth-order valence-electron chi connectivity index (χ4n) is 3.03. The van der Waals surface area contributed by atoms with E-state index >= 15 is 0 Å². The minimum Gasteiger partial charge on any atom is -0.468 e. The molecule has 7 nitrogen and oxygen atoms in total. The number of carbonyl (C=O) groups is 1. The van der Waals surface area contributed by atoms with Crippen LogP contribution in [-0.4, -0.2) is 53.6 Å². The highest BCUT2D eigenvalue weighted by molar-refractivity contribution is 5.71. The van der Waals surface area contributed by atoms with E-state index in [2.05, 4.69) is 31.4 Å². The van der Waals surface area contributed by atoms with Gasteiger partial charge in [0.05, 0.1) is 13.7 Å². The van der Waals surface area contributed by atoms with Crippen LogP contribution in [0.25, 0.3) is 0 Å². The highest BCUT2D eigenvalue weighted by Crippen LogP contribution is 2.19. The summed E-state index contributed by atoms with van der Waals surface area (Å²) in [6, 6.07) is 9.80. The first-order valence-electron chi connectivity index (χ1n) is 8.87. The number of terminal acetylenes is 1. The molecule has 0 unspecified atom stereocenters. The van der Waals surface area contributed by atoms with Gasteiger partial charge in [-0.25, -0.2) is 9.97 Å². The molecule has 140 valence electrons. The number of carbonyl (C=O) groups excluding carboxylic acids is 1. The number of esters is 1. The van der Waals surface area contributed by atoms with Crippen molar-refractivity contribution in [2.75, 3.05) is 37.4 Å². The number of benzene rings is 1. The Hall–Kier alpha value is -3.11. The van der Waals surface area contributed by atoms with Crippen molar-refractivity contribution in [1.82, 2.24) is 14.9 Å². The van der Waals surface area contributed by atoms with Gasteiger partial charge in [0.2, 0.25) is 0 Å². The number of nitrogens with one attached hydrogen (secondary N) is 2. The lowest BCUT2D eigenvalue weighted by Gasteiger charge is -2.31. The average Bonchev–Trinajstić information content (AvgIpc) is 2.70. The lowest BCUT2D eigenvalue weighted by atomic mass is 10.1. The maximum absolute atomic E-state index is 11.4. The molecular formula is C20H23N5O2. The highest BCUT2D eigenvalue weighted by atomic mass is 16.5. The first-order chi connectivity index (χ1) is 13.2. The zero-order valence-electron chi connectivity index (χ0n) is 15.3. The molecule has 1 saturated heterocycles. The van der Waals surface area contributed by atoms with Crippen LogP contribution in [0, 0.1) is 12.3 Å². The van der Waals surface area contributed by atoms with Gasteiger partial charge < -0.3 is 15.4 Å². The van der Waals surface area contributed by atoms with E-state index in [9.17, 15) is 4.79 Å². The van der Waals surface area contributed by atoms with Crippen LogP contribution in [0.3, 0.4) is 0 Å². The van der Waals surface area contributed by atoms with Crippen LogP contribution >= 0.6 is 0 Å². The maximum atomic E-state index is 11.4. The van der Waals surface area contributed by atoms with Crippen LogP contribution < -0.4 is 10.6 Å². The molecule has 2 heterocycles. The van der Waals surface area contributed by atoms with Gasteiger partial charge >= 0.3 is 5.97 Å². The molecule has 1 aromatic carbocycles. The number of methoxy groups -OCH3 is 1. The first kappa shape index (κ1) is 18.7. The third kappa shape index (κ3) is 5.43. The molecule has 3 rings (SSSR count). The molecule has 0 spiro atoms. The minimum atomic E-state index is -0.193. The first-order valence-corrected chi connectivity index (χ1v) is 8.87. The molecule has 7 heteroatoms. The zero-order valence-corrected chi connectivity index (χ0v) is 15.3. The standard InChI is InChI=1S/C20H23N5O2/c1-3-15-5-4-6-17(11-15)24-19-12-18(21-14-22-19)23-16-7-9-25(10-8-16)13-20(26)27-2/h1,4-6,11-12,14,16H,7-10,13H2,2H3,(H2,21,22,23,24). The summed E-state index contributed by atoms with van der Waals surface area (Å²) < 4.78 is 4.72. The predicted octanol–water partition coefficient (Wildman–Crippen LogP) is 2.25. The number of rotatable bonds is 6. The zero-order chi connectivity index (χ0) is 19.1. The van der Waals surface area contributed by atoms with E-state index < -0.39 is 0 Å². The van der Waals surface area contributed by atoms with Crippen LogP contribution in [0.15, 0.2) is 36.7 Å². The number of piperidine rings is 1. The number of anilines is 3. The molecule has 2 aromatic rings. The summed E-state index contributed by atoms with van der Waals surface area (Å²) in [4.78, 5) is 22.0. The minimum absolute atomic E-state index is 0.193. The SMILES string of the molecule is C#Cc1cccc(Nc2cc(NC3CCN(CC(=O)OC)CC3)ncn2)c1. The van der Waals surface area contributed by atoms with Crippen molar-refractivity contribution in [3.05, 3.63) is 42.2 Å². The Bertz CT molecular complexity index is 825. The molecule has 0 amide bonds. The fraction of sp³-hybridized carbons (Fsp3) is 0.350. The largest absolute Gasteiger partial charge is 0.468 e. The summed E-state index contributed by atoms with van der Waals surface area (Å²) in [5.74, 6) is 3.90. The molecule has 0 saturated carbocycles. The van der Waals surface area contributed by atoms with E-state index in [0.717, 1.165) is 43.0 Å². The second-order valence-corrected chi connectivity index (χ2v) is 6.41. The van der Waals surface area contributed by atoms with Crippen LogP contribution in [0.2, 0.25) is 0 Å². The molecule has 1 aromatic heterocycles. The van der Waals surface area contributed by atoms with Gasteiger partial charge in [-0.15, -0.1) is 6.42 Å². The summed E-state index contributed by atoms with van der Waals surface area (Å²) >= 11 is 0. The lowest BCUT2D eigenvalue weighted by molar-refractivity contribution is -0.142. The molecule has 0 atom stereocenters. The molecular weight excluding hydrogens is 342 g/mol. The second-order valence-electron chi connectivity index (χ2n) is 6.41. The molecule has 27 heavy (non-hydrogen) atoms. The molecule has 1 aliphatic rings. The van der Waals surface area contributed by atoms with Gasteiger partial charge in [0.25, 0.3) is 0 Å². The Morgan fingerprint density at radius 2 is 2.07 bits per heavy atom. The van der Waals surface area contributed by atoms with E-state index in [1.807, 2.05) is 30.3 Å². The van der Waals surface area contributed by atoms with Crippen molar-refractivity contribution in [2.45, 2.75) is 18.9 Å². The average molecular weight is 365 g/mol. The van der Waals surface area contributed by atoms with Crippen LogP contribution in [0.4, 0.5) is 17.3 Å². The van der Waals surface area contributed by atoms with Gasteiger partial charge in [-0.2, -0.15) is 0 Å². The van der Waals surface area contributed by atoms with Crippen molar-refractivity contribution >= 4 is 23.3 Å². The van der Waals surface area contributed by atoms with Crippen LogP contribution in [0.1, 0.15) is 18.4 Å². The van der Waals surface area contributed by atoms with Crippen molar-refractivity contribution < 1.29 is 9.53 Å². The van der Waals surface area contributed by atoms with Crippen molar-refractivity contribution in [3.63, 3.8) is 0 Å². The smallest absolute Gasteiger partial charge is 0.319 e. The number of nitrogens with zero attached hydrogens (tertiary/aromatic N) is 3. The van der Waals surface area contributed by atoms with Crippen LogP contribution in [0.5, 0.6) is 0 Å². The summed E-state index contributed by atoms with van der Waals surface area (Å²) in [6.07, 6.45) is 8.85. The monoisotopic (exact) mass is 365 g/mol. The summed E-state index contributed by atoms with van der Waals surface area (Å²) in [5, 5.41) is 6.70. The Labute approximate surface area is 159 Å². The van der Waals surface area contributed by atoms with E-state index in [0.29, 0.717) is 18.4 Å². The molecule has 0 radical (unpaired) electrons. The molecule has 1 aliphatic heterocycles.